The van der Waals surface area contributed by atoms with Gasteiger partial charge in [0, 0.05) is 36.5 Å². The molecule has 3 aromatic rings. The van der Waals surface area contributed by atoms with Gasteiger partial charge in [-0.15, -0.1) is 0 Å². The maximum atomic E-state index is 13.1. The molecular formula is C25H28N6O3S. The number of amides is 2. The summed E-state index contributed by atoms with van der Waals surface area (Å²) in [7, 11) is 1.56. The number of carbonyl (C=O) groups excluding carboxylic acids is 2. The quantitative estimate of drug-likeness (QED) is 0.476. The average Bonchev–Trinajstić information content (AvgIpc) is 2.87. The minimum atomic E-state index is -0.0665. The molecule has 0 bridgehead atoms. The van der Waals surface area contributed by atoms with E-state index in [1.54, 1.807) is 25.4 Å². The Morgan fingerprint density at radius 1 is 1.26 bits per heavy atom. The molecule has 0 radical (unpaired) electrons. The fraction of sp³-hybridized carbons (Fsp3) is 0.400. The second kappa shape index (κ2) is 9.79. The van der Waals surface area contributed by atoms with Crippen LogP contribution in [-0.2, 0) is 16.1 Å². The second-order valence-electron chi connectivity index (χ2n) is 9.29. The van der Waals surface area contributed by atoms with Gasteiger partial charge in [0.25, 0.3) is 0 Å². The summed E-state index contributed by atoms with van der Waals surface area (Å²) in [6.07, 6.45) is 6.90. The summed E-state index contributed by atoms with van der Waals surface area (Å²) in [6.45, 7) is 2.86. The first-order valence-electron chi connectivity index (χ1n) is 11.7. The summed E-state index contributed by atoms with van der Waals surface area (Å²) in [5.74, 6) is 0.850. The van der Waals surface area contributed by atoms with E-state index >= 15 is 0 Å². The molecule has 182 valence electrons. The lowest BCUT2D eigenvalue weighted by Crippen LogP contribution is -2.46. The van der Waals surface area contributed by atoms with E-state index in [0.717, 1.165) is 42.0 Å². The third kappa shape index (κ3) is 5.23. The number of ether oxygens (including phenoxy) is 1. The van der Waals surface area contributed by atoms with Crippen LogP contribution in [0.5, 0.6) is 5.88 Å². The maximum absolute atomic E-state index is 13.1. The van der Waals surface area contributed by atoms with Crippen LogP contribution in [0.25, 0.3) is 11.0 Å². The largest absolute Gasteiger partial charge is 0.481 e. The number of aromatic nitrogens is 3. The third-order valence-electron chi connectivity index (χ3n) is 6.73. The highest BCUT2D eigenvalue weighted by Crippen LogP contribution is 2.34. The van der Waals surface area contributed by atoms with Gasteiger partial charge in [-0.2, -0.15) is 0 Å². The van der Waals surface area contributed by atoms with Crippen molar-refractivity contribution in [3.63, 3.8) is 0 Å². The molecule has 5 rings (SSSR count). The zero-order chi connectivity index (χ0) is 24.4. The first-order chi connectivity index (χ1) is 16.9. The highest BCUT2D eigenvalue weighted by Gasteiger charge is 2.34. The van der Waals surface area contributed by atoms with Crippen molar-refractivity contribution in [1.82, 2.24) is 20.3 Å². The molecule has 0 unspecified atom stereocenters. The predicted molar refractivity (Wildman–Crippen MR) is 136 cm³/mol. The number of pyridine rings is 3. The van der Waals surface area contributed by atoms with Gasteiger partial charge in [0.2, 0.25) is 17.7 Å². The number of rotatable bonds is 6. The van der Waals surface area contributed by atoms with Crippen LogP contribution in [0, 0.1) is 5.92 Å². The highest BCUT2D eigenvalue weighted by atomic mass is 32.2. The molecule has 0 atom stereocenters. The first-order valence-corrected chi connectivity index (χ1v) is 12.7. The topological polar surface area (TPSA) is 118 Å². The van der Waals surface area contributed by atoms with Crippen molar-refractivity contribution in [2.75, 3.05) is 23.5 Å². The lowest BCUT2D eigenvalue weighted by molar-refractivity contribution is -0.121. The van der Waals surface area contributed by atoms with Gasteiger partial charge >= 0.3 is 0 Å². The van der Waals surface area contributed by atoms with E-state index in [9.17, 15) is 9.59 Å². The van der Waals surface area contributed by atoms with Crippen LogP contribution in [0.4, 0.5) is 11.4 Å². The SMILES string of the molecule is COc1ccc2nccc(NC(=O)C3CCC(C)(NCc4cnc5c(c4)NC(=O)CS5)CC3)c2n1. The van der Waals surface area contributed by atoms with Crippen LogP contribution in [0.15, 0.2) is 41.7 Å². The van der Waals surface area contributed by atoms with E-state index in [4.69, 9.17) is 4.74 Å². The van der Waals surface area contributed by atoms with Gasteiger partial charge < -0.3 is 20.7 Å². The summed E-state index contributed by atoms with van der Waals surface area (Å²) in [4.78, 5) is 38.0. The molecule has 10 heteroatoms. The summed E-state index contributed by atoms with van der Waals surface area (Å²) < 4.78 is 5.23. The Morgan fingerprint density at radius 3 is 2.89 bits per heavy atom. The molecule has 1 aliphatic carbocycles. The van der Waals surface area contributed by atoms with Gasteiger partial charge in [-0.05, 0) is 56.4 Å². The normalized spacial score (nSPS) is 21.8. The zero-order valence-corrected chi connectivity index (χ0v) is 20.6. The number of anilines is 2. The molecule has 35 heavy (non-hydrogen) atoms. The number of nitrogens with one attached hydrogen (secondary N) is 3. The number of carbonyl (C=O) groups is 2. The van der Waals surface area contributed by atoms with Gasteiger partial charge in [0.15, 0.2) is 0 Å². The number of hydrogen-bond acceptors (Lipinski definition) is 8. The number of methoxy groups -OCH3 is 1. The smallest absolute Gasteiger partial charge is 0.234 e. The molecule has 2 amide bonds. The van der Waals surface area contributed by atoms with E-state index in [1.165, 1.54) is 11.8 Å². The minimum Gasteiger partial charge on any atom is -0.481 e. The summed E-state index contributed by atoms with van der Waals surface area (Å²) in [5.41, 5.74) is 3.72. The van der Waals surface area contributed by atoms with Crippen LogP contribution >= 0.6 is 11.8 Å². The van der Waals surface area contributed by atoms with Gasteiger partial charge in [0.05, 0.1) is 29.8 Å². The Hall–Kier alpha value is -3.24. The van der Waals surface area contributed by atoms with E-state index in [-0.39, 0.29) is 23.3 Å². The second-order valence-corrected chi connectivity index (χ2v) is 10.3. The maximum Gasteiger partial charge on any atom is 0.234 e. The van der Waals surface area contributed by atoms with E-state index < -0.39 is 0 Å². The standard InChI is InChI=1S/C25H28N6O3S/c1-25(28-13-15-11-19-24(27-12-15)35-14-20(32)29-19)8-5-16(6-9-25)23(33)30-18-7-10-26-17-3-4-21(34-2)31-22(17)18/h3-4,7,10-12,16,28H,5-6,8-9,13-14H2,1-2H3,(H,29,32)(H,26,30,33). The molecule has 0 aromatic carbocycles. The summed E-state index contributed by atoms with van der Waals surface area (Å²) in [5, 5.41) is 10.5. The molecule has 2 aliphatic rings. The molecular weight excluding hydrogens is 464 g/mol. The Kier molecular flexibility index (Phi) is 6.57. The highest BCUT2D eigenvalue weighted by molar-refractivity contribution is 8.00. The van der Waals surface area contributed by atoms with Crippen molar-refractivity contribution in [2.24, 2.45) is 5.92 Å². The Labute approximate surface area is 207 Å². The lowest BCUT2D eigenvalue weighted by atomic mass is 9.77. The van der Waals surface area contributed by atoms with Gasteiger partial charge in [0.1, 0.15) is 10.5 Å². The van der Waals surface area contributed by atoms with Crippen molar-refractivity contribution in [1.29, 1.82) is 0 Å². The zero-order valence-electron chi connectivity index (χ0n) is 19.8. The molecule has 0 spiro atoms. The molecule has 1 fully saturated rings. The molecule has 0 saturated heterocycles. The Bertz CT molecular complexity index is 1280. The van der Waals surface area contributed by atoms with E-state index in [0.29, 0.717) is 34.9 Å². The molecule has 1 saturated carbocycles. The number of hydrogen-bond donors (Lipinski definition) is 3. The molecule has 4 heterocycles. The van der Waals surface area contributed by atoms with Gasteiger partial charge in [-0.3, -0.25) is 14.6 Å². The third-order valence-corrected chi connectivity index (χ3v) is 7.73. The van der Waals surface area contributed by atoms with Crippen LogP contribution in [-0.4, -0.2) is 45.2 Å². The van der Waals surface area contributed by atoms with Gasteiger partial charge in [-0.1, -0.05) is 11.8 Å². The van der Waals surface area contributed by atoms with Crippen molar-refractivity contribution < 1.29 is 14.3 Å². The van der Waals surface area contributed by atoms with E-state index in [1.807, 2.05) is 18.3 Å². The number of fused-ring (bicyclic) bond motifs is 2. The molecule has 3 N–H and O–H groups in total. The van der Waals surface area contributed by atoms with Crippen molar-refractivity contribution in [3.05, 3.63) is 42.2 Å². The van der Waals surface area contributed by atoms with Crippen LogP contribution in [0.1, 0.15) is 38.2 Å². The predicted octanol–water partition coefficient (Wildman–Crippen LogP) is 3.75. The fourth-order valence-corrected chi connectivity index (χ4v) is 5.32. The van der Waals surface area contributed by atoms with Crippen molar-refractivity contribution in [2.45, 2.75) is 49.7 Å². The molecule has 9 nitrogen and oxygen atoms in total. The Balaban J connectivity index is 1.18. The minimum absolute atomic E-state index is 0.00708. The molecule has 1 aliphatic heterocycles. The Morgan fingerprint density at radius 2 is 2.09 bits per heavy atom. The van der Waals surface area contributed by atoms with Crippen LogP contribution in [0.2, 0.25) is 0 Å². The first kappa shape index (κ1) is 23.5. The van der Waals surface area contributed by atoms with Crippen LogP contribution < -0.4 is 20.7 Å². The lowest BCUT2D eigenvalue weighted by Gasteiger charge is -2.38. The van der Waals surface area contributed by atoms with Crippen LogP contribution in [0.3, 0.4) is 0 Å². The van der Waals surface area contributed by atoms with Crippen molar-refractivity contribution >= 4 is 46.0 Å². The number of thioether (sulfide) groups is 1. The fourth-order valence-electron chi connectivity index (χ4n) is 4.58. The summed E-state index contributed by atoms with van der Waals surface area (Å²) in [6, 6.07) is 7.35. The number of nitrogens with zero attached hydrogens (tertiary/aromatic N) is 3. The van der Waals surface area contributed by atoms with Gasteiger partial charge in [-0.25, -0.2) is 9.97 Å². The molecule has 3 aromatic heterocycles. The van der Waals surface area contributed by atoms with E-state index in [2.05, 4.69) is 37.8 Å². The van der Waals surface area contributed by atoms with Crippen molar-refractivity contribution in [3.8, 4) is 5.88 Å². The summed E-state index contributed by atoms with van der Waals surface area (Å²) >= 11 is 1.46. The average molecular weight is 493 g/mol. The monoisotopic (exact) mass is 492 g/mol.